The molecule has 2 N–H and O–H groups in total. The first kappa shape index (κ1) is 12.9. The van der Waals surface area contributed by atoms with E-state index in [4.69, 9.17) is 11.6 Å². The van der Waals surface area contributed by atoms with Crippen molar-refractivity contribution in [2.75, 3.05) is 5.88 Å². The zero-order valence-corrected chi connectivity index (χ0v) is 9.17. The predicted octanol–water partition coefficient (Wildman–Crippen LogP) is 1.62. The van der Waals surface area contributed by atoms with Gasteiger partial charge in [0.1, 0.15) is 6.10 Å². The van der Waals surface area contributed by atoms with Gasteiger partial charge in [0.2, 0.25) is 0 Å². The van der Waals surface area contributed by atoms with Crippen molar-refractivity contribution >= 4 is 17.3 Å². The number of benzene rings is 1. The van der Waals surface area contributed by atoms with Crippen molar-refractivity contribution in [3.8, 4) is 0 Å². The Labute approximate surface area is 97.4 Å². The Balaban J connectivity index is 2.98. The van der Waals surface area contributed by atoms with Gasteiger partial charge in [-0.3, -0.25) is 10.1 Å². The maximum atomic E-state index is 10.7. The van der Waals surface area contributed by atoms with Gasteiger partial charge in [-0.05, 0) is 12.5 Å². The van der Waals surface area contributed by atoms with Crippen molar-refractivity contribution in [2.45, 2.75) is 18.6 Å². The maximum Gasteiger partial charge on any atom is 0.275 e. The second-order valence-corrected chi connectivity index (χ2v) is 3.68. The quantitative estimate of drug-likeness (QED) is 0.469. The van der Waals surface area contributed by atoms with Gasteiger partial charge in [-0.1, -0.05) is 12.1 Å². The summed E-state index contributed by atoms with van der Waals surface area (Å²) >= 11 is 5.43. The molecule has 88 valence electrons. The van der Waals surface area contributed by atoms with Crippen LogP contribution in [0.25, 0.3) is 0 Å². The molecule has 0 aliphatic heterocycles. The van der Waals surface area contributed by atoms with E-state index >= 15 is 0 Å². The summed E-state index contributed by atoms with van der Waals surface area (Å²) < 4.78 is 0. The topological polar surface area (TPSA) is 83.6 Å². The first-order chi connectivity index (χ1) is 7.57. The Kier molecular flexibility index (Phi) is 4.67. The fourth-order valence-corrected chi connectivity index (χ4v) is 1.60. The summed E-state index contributed by atoms with van der Waals surface area (Å²) in [6, 6.07) is 5.77. The number of hydrogen-bond donors (Lipinski definition) is 2. The summed E-state index contributed by atoms with van der Waals surface area (Å²) in [6.45, 7) is 0. The van der Waals surface area contributed by atoms with Gasteiger partial charge in [-0.2, -0.15) is 0 Å². The van der Waals surface area contributed by atoms with Crippen molar-refractivity contribution in [3.05, 3.63) is 39.9 Å². The van der Waals surface area contributed by atoms with E-state index in [-0.39, 0.29) is 23.6 Å². The molecule has 0 aromatic heterocycles. The van der Waals surface area contributed by atoms with Gasteiger partial charge in [-0.25, -0.2) is 0 Å². The summed E-state index contributed by atoms with van der Waals surface area (Å²) in [7, 11) is 0. The molecule has 0 aliphatic rings. The summed E-state index contributed by atoms with van der Waals surface area (Å²) in [5.74, 6) is 0.179. The number of halogens is 1. The summed E-state index contributed by atoms with van der Waals surface area (Å²) in [5, 5.41) is 30.0. The molecule has 0 amide bonds. The number of alkyl halides is 1. The molecule has 16 heavy (non-hydrogen) atoms. The molecular formula is C10H12ClNO4. The molecule has 2 unspecified atom stereocenters. The summed E-state index contributed by atoms with van der Waals surface area (Å²) in [4.78, 5) is 10.1. The van der Waals surface area contributed by atoms with Gasteiger partial charge < -0.3 is 10.2 Å². The van der Waals surface area contributed by atoms with Crippen molar-refractivity contribution in [1.29, 1.82) is 0 Å². The van der Waals surface area contributed by atoms with Gasteiger partial charge in [0, 0.05) is 11.9 Å². The van der Waals surface area contributed by atoms with Crippen LogP contribution in [-0.4, -0.2) is 27.1 Å². The highest BCUT2D eigenvalue weighted by Crippen LogP contribution is 2.27. The van der Waals surface area contributed by atoms with Crippen molar-refractivity contribution in [2.24, 2.45) is 0 Å². The molecule has 0 fully saturated rings. The van der Waals surface area contributed by atoms with Crippen LogP contribution in [0.4, 0.5) is 5.69 Å². The minimum atomic E-state index is -1.29. The lowest BCUT2D eigenvalue weighted by molar-refractivity contribution is -0.386. The molecule has 0 spiro atoms. The van der Waals surface area contributed by atoms with Crippen LogP contribution in [0.3, 0.4) is 0 Å². The molecule has 0 heterocycles. The van der Waals surface area contributed by atoms with Crippen LogP contribution in [0.1, 0.15) is 18.1 Å². The van der Waals surface area contributed by atoms with E-state index in [0.29, 0.717) is 0 Å². The average Bonchev–Trinajstić information content (AvgIpc) is 2.28. The molecule has 0 saturated carbocycles. The standard InChI is InChI=1S/C10H12ClNO4/c11-6-5-9(13)10(14)7-3-1-2-4-8(7)12(15)16/h1-4,9-10,13-14H,5-6H2. The van der Waals surface area contributed by atoms with Crippen molar-refractivity contribution < 1.29 is 15.1 Å². The normalized spacial score (nSPS) is 14.4. The average molecular weight is 246 g/mol. The van der Waals surface area contributed by atoms with E-state index in [2.05, 4.69) is 0 Å². The lowest BCUT2D eigenvalue weighted by Gasteiger charge is -2.16. The predicted molar refractivity (Wildman–Crippen MR) is 59.4 cm³/mol. The zero-order valence-electron chi connectivity index (χ0n) is 8.41. The zero-order chi connectivity index (χ0) is 12.1. The minimum Gasteiger partial charge on any atom is -0.390 e. The Morgan fingerprint density at radius 1 is 1.38 bits per heavy atom. The van der Waals surface area contributed by atoms with Gasteiger partial charge in [-0.15, -0.1) is 11.6 Å². The van der Waals surface area contributed by atoms with E-state index in [1.165, 1.54) is 18.2 Å². The van der Waals surface area contributed by atoms with Crippen LogP contribution >= 0.6 is 11.6 Å². The maximum absolute atomic E-state index is 10.7. The van der Waals surface area contributed by atoms with Gasteiger partial charge >= 0.3 is 0 Å². The van der Waals surface area contributed by atoms with Crippen LogP contribution in [-0.2, 0) is 0 Å². The second-order valence-electron chi connectivity index (χ2n) is 3.31. The third-order valence-electron chi connectivity index (χ3n) is 2.22. The highest BCUT2D eigenvalue weighted by atomic mass is 35.5. The summed E-state index contributed by atoms with van der Waals surface area (Å²) in [5.41, 5.74) is -0.103. The number of hydrogen-bond acceptors (Lipinski definition) is 4. The lowest BCUT2D eigenvalue weighted by atomic mass is 10.0. The van der Waals surface area contributed by atoms with Crippen molar-refractivity contribution in [3.63, 3.8) is 0 Å². The van der Waals surface area contributed by atoms with E-state index in [1.807, 2.05) is 0 Å². The number of nitro benzene ring substituents is 1. The number of aliphatic hydroxyl groups excluding tert-OH is 2. The number of para-hydroxylation sites is 1. The Morgan fingerprint density at radius 3 is 2.56 bits per heavy atom. The number of rotatable bonds is 5. The van der Waals surface area contributed by atoms with Gasteiger partial charge in [0.25, 0.3) is 5.69 Å². The molecule has 2 atom stereocenters. The monoisotopic (exact) mass is 245 g/mol. The largest absolute Gasteiger partial charge is 0.390 e. The first-order valence-electron chi connectivity index (χ1n) is 4.73. The molecule has 1 aromatic carbocycles. The third kappa shape index (κ3) is 2.91. The van der Waals surface area contributed by atoms with Crippen molar-refractivity contribution in [1.82, 2.24) is 0 Å². The Bertz CT molecular complexity index is 372. The third-order valence-corrected chi connectivity index (χ3v) is 2.44. The molecule has 6 heteroatoms. The smallest absolute Gasteiger partial charge is 0.275 e. The van der Waals surface area contributed by atoms with Crippen LogP contribution in [0, 0.1) is 10.1 Å². The molecule has 0 radical (unpaired) electrons. The molecule has 0 saturated heterocycles. The van der Waals surface area contributed by atoms with Gasteiger partial charge in [0.15, 0.2) is 0 Å². The van der Waals surface area contributed by atoms with Crippen LogP contribution < -0.4 is 0 Å². The molecule has 1 rings (SSSR count). The highest BCUT2D eigenvalue weighted by Gasteiger charge is 2.25. The summed E-state index contributed by atoms with van der Waals surface area (Å²) in [6.07, 6.45) is -2.21. The van der Waals surface area contributed by atoms with Crippen LogP contribution in [0.15, 0.2) is 24.3 Å². The van der Waals surface area contributed by atoms with Gasteiger partial charge in [0.05, 0.1) is 16.6 Å². The van der Waals surface area contributed by atoms with E-state index in [0.717, 1.165) is 0 Å². The Hall–Kier alpha value is -1.17. The number of nitro groups is 1. The Morgan fingerprint density at radius 2 is 2.00 bits per heavy atom. The second kappa shape index (κ2) is 5.79. The van der Waals surface area contributed by atoms with Crippen LogP contribution in [0.5, 0.6) is 0 Å². The fraction of sp³-hybridized carbons (Fsp3) is 0.400. The molecule has 1 aromatic rings. The SMILES string of the molecule is O=[N+]([O-])c1ccccc1C(O)C(O)CCCl. The minimum absolute atomic E-state index is 0.102. The molecule has 5 nitrogen and oxygen atoms in total. The molecule has 0 aliphatic carbocycles. The highest BCUT2D eigenvalue weighted by molar-refractivity contribution is 6.17. The molecule has 0 bridgehead atoms. The molecular weight excluding hydrogens is 234 g/mol. The van der Waals surface area contributed by atoms with E-state index in [1.54, 1.807) is 6.07 Å². The lowest BCUT2D eigenvalue weighted by Crippen LogP contribution is -2.19. The number of aliphatic hydroxyl groups is 2. The van der Waals surface area contributed by atoms with E-state index in [9.17, 15) is 20.3 Å². The van der Waals surface area contributed by atoms with Crippen LogP contribution in [0.2, 0.25) is 0 Å². The number of nitrogens with zero attached hydrogens (tertiary/aromatic N) is 1. The fourth-order valence-electron chi connectivity index (χ4n) is 1.38. The van der Waals surface area contributed by atoms with E-state index < -0.39 is 17.1 Å². The first-order valence-corrected chi connectivity index (χ1v) is 5.26.